The number of rotatable bonds is 5. The lowest BCUT2D eigenvalue weighted by Gasteiger charge is -2.30. The smallest absolute Gasteiger partial charge is 0.164 e. The van der Waals surface area contributed by atoms with Gasteiger partial charge in [0, 0.05) is 36.9 Å². The van der Waals surface area contributed by atoms with Crippen LogP contribution in [0.25, 0.3) is 98.8 Å². The maximum Gasteiger partial charge on any atom is 0.164 e. The minimum absolute atomic E-state index is 0.342. The van der Waals surface area contributed by atoms with Crippen LogP contribution in [0.15, 0.2) is 212 Å². The molecule has 0 unspecified atom stereocenters. The fourth-order valence-corrected chi connectivity index (χ4v) is 11.3. The Hall–Kier alpha value is -7.79. The molecule has 0 bridgehead atoms. The molecule has 0 fully saturated rings. The van der Waals surface area contributed by atoms with Crippen LogP contribution in [-0.4, -0.2) is 15.0 Å². The van der Waals surface area contributed by atoms with Gasteiger partial charge in [-0.05, 0) is 97.1 Å². The second kappa shape index (κ2) is 13.6. The first-order valence-electron chi connectivity index (χ1n) is 21.1. The maximum atomic E-state index is 5.21. The fraction of sp³-hybridized carbons (Fsp3) is 0.0172. The lowest BCUT2D eigenvalue weighted by molar-refractivity contribution is 0.794. The summed E-state index contributed by atoms with van der Waals surface area (Å²) < 4.78 is 2.53. The van der Waals surface area contributed by atoms with E-state index in [0.717, 1.165) is 27.8 Å². The van der Waals surface area contributed by atoms with E-state index >= 15 is 0 Å². The SMILES string of the molecule is c1ccc(-c2nc(-c3ccc4sc5ccccc5c4c3)nc(-c3ccccc3-c3ccc(-c4ccc5c(c4)-c4ccccc4C54c5ccccc5-c5ccccc54)cc3)n2)cc1. The molecule has 4 heteroatoms. The predicted molar refractivity (Wildman–Crippen MR) is 256 cm³/mol. The van der Waals surface area contributed by atoms with E-state index in [1.807, 2.05) is 29.5 Å². The molecule has 3 nitrogen and oxygen atoms in total. The number of thiophene rings is 1. The Balaban J connectivity index is 0.904. The number of nitrogens with zero attached hydrogens (tertiary/aromatic N) is 3. The number of aromatic nitrogens is 3. The van der Waals surface area contributed by atoms with E-state index in [1.165, 1.54) is 75.8 Å². The Morgan fingerprint density at radius 1 is 0.274 bits per heavy atom. The van der Waals surface area contributed by atoms with Crippen molar-refractivity contribution in [3.05, 3.63) is 235 Å². The zero-order chi connectivity index (χ0) is 40.8. The van der Waals surface area contributed by atoms with Gasteiger partial charge in [-0.3, -0.25) is 0 Å². The third-order valence-corrected chi connectivity index (χ3v) is 14.1. The topological polar surface area (TPSA) is 38.7 Å². The molecule has 288 valence electrons. The molecule has 13 rings (SSSR count). The Morgan fingerprint density at radius 3 is 1.47 bits per heavy atom. The van der Waals surface area contributed by atoms with E-state index in [1.54, 1.807) is 0 Å². The average Bonchev–Trinajstić information content (AvgIpc) is 3.98. The van der Waals surface area contributed by atoms with Gasteiger partial charge in [-0.1, -0.05) is 182 Å². The van der Waals surface area contributed by atoms with Gasteiger partial charge in [-0.25, -0.2) is 15.0 Å². The summed E-state index contributed by atoms with van der Waals surface area (Å²) >= 11 is 1.81. The van der Waals surface area contributed by atoms with E-state index in [-0.39, 0.29) is 5.41 Å². The van der Waals surface area contributed by atoms with Crippen LogP contribution >= 0.6 is 11.3 Å². The monoisotopic (exact) mass is 805 g/mol. The molecule has 0 N–H and O–H groups in total. The van der Waals surface area contributed by atoms with Crippen LogP contribution in [0, 0.1) is 0 Å². The second-order valence-electron chi connectivity index (χ2n) is 16.3. The van der Waals surface area contributed by atoms with E-state index in [9.17, 15) is 0 Å². The third-order valence-electron chi connectivity index (χ3n) is 13.0. The fourth-order valence-electron chi connectivity index (χ4n) is 10.3. The van der Waals surface area contributed by atoms with E-state index < -0.39 is 0 Å². The van der Waals surface area contributed by atoms with Crippen molar-refractivity contribution in [1.29, 1.82) is 0 Å². The Bertz CT molecular complexity index is 3540. The second-order valence-corrected chi connectivity index (χ2v) is 17.3. The molecule has 0 atom stereocenters. The van der Waals surface area contributed by atoms with Crippen molar-refractivity contribution in [1.82, 2.24) is 15.0 Å². The molecule has 2 aromatic heterocycles. The summed E-state index contributed by atoms with van der Waals surface area (Å²) in [5, 5.41) is 2.47. The first-order chi connectivity index (χ1) is 30.7. The molecule has 1 spiro atoms. The van der Waals surface area contributed by atoms with Gasteiger partial charge in [0.25, 0.3) is 0 Å². The van der Waals surface area contributed by atoms with Crippen molar-refractivity contribution in [2.24, 2.45) is 0 Å². The molecule has 2 aliphatic rings. The summed E-state index contributed by atoms with van der Waals surface area (Å²) in [4.78, 5) is 15.4. The van der Waals surface area contributed by atoms with E-state index in [2.05, 4.69) is 194 Å². The van der Waals surface area contributed by atoms with Crippen molar-refractivity contribution in [3.8, 4) is 78.7 Å². The van der Waals surface area contributed by atoms with Gasteiger partial charge in [0.05, 0.1) is 5.41 Å². The van der Waals surface area contributed by atoms with Gasteiger partial charge < -0.3 is 0 Å². The molecular formula is C58H35N3S. The molecule has 0 saturated carbocycles. The molecule has 0 aliphatic heterocycles. The minimum atomic E-state index is -0.342. The maximum absolute atomic E-state index is 5.21. The number of hydrogen-bond acceptors (Lipinski definition) is 4. The number of hydrogen-bond donors (Lipinski definition) is 0. The first kappa shape index (κ1) is 35.0. The zero-order valence-electron chi connectivity index (χ0n) is 33.5. The molecule has 62 heavy (non-hydrogen) atoms. The molecule has 9 aromatic carbocycles. The summed E-state index contributed by atoms with van der Waals surface area (Å²) in [6, 6.07) is 76.8. The average molecular weight is 806 g/mol. The van der Waals surface area contributed by atoms with Crippen LogP contribution in [-0.2, 0) is 5.41 Å². The molecule has 2 aliphatic carbocycles. The highest BCUT2D eigenvalue weighted by Gasteiger charge is 2.51. The summed E-state index contributed by atoms with van der Waals surface area (Å²) in [6.07, 6.45) is 0. The van der Waals surface area contributed by atoms with Gasteiger partial charge in [-0.2, -0.15) is 0 Å². The van der Waals surface area contributed by atoms with Crippen molar-refractivity contribution in [2.45, 2.75) is 5.41 Å². The van der Waals surface area contributed by atoms with E-state index in [4.69, 9.17) is 15.0 Å². The van der Waals surface area contributed by atoms with Crippen LogP contribution in [0.3, 0.4) is 0 Å². The van der Waals surface area contributed by atoms with Crippen molar-refractivity contribution >= 4 is 31.5 Å². The third kappa shape index (κ3) is 5.14. The van der Waals surface area contributed by atoms with Crippen LogP contribution in [0.2, 0.25) is 0 Å². The van der Waals surface area contributed by atoms with Crippen molar-refractivity contribution in [3.63, 3.8) is 0 Å². The largest absolute Gasteiger partial charge is 0.208 e. The highest BCUT2D eigenvalue weighted by atomic mass is 32.1. The molecule has 0 saturated heterocycles. The van der Waals surface area contributed by atoms with Gasteiger partial charge >= 0.3 is 0 Å². The summed E-state index contributed by atoms with van der Waals surface area (Å²) in [6.45, 7) is 0. The molecule has 11 aromatic rings. The summed E-state index contributed by atoms with van der Waals surface area (Å²) in [5.41, 5.74) is 17.7. The molecule has 0 radical (unpaired) electrons. The highest BCUT2D eigenvalue weighted by molar-refractivity contribution is 7.25. The Kier molecular flexibility index (Phi) is 7.69. The molecule has 2 heterocycles. The van der Waals surface area contributed by atoms with Crippen LogP contribution in [0.5, 0.6) is 0 Å². The normalized spacial score (nSPS) is 13.0. The van der Waals surface area contributed by atoms with Gasteiger partial charge in [0.2, 0.25) is 0 Å². The quantitative estimate of drug-likeness (QED) is 0.174. The van der Waals surface area contributed by atoms with E-state index in [0.29, 0.717) is 17.5 Å². The number of fused-ring (bicyclic) bond motifs is 13. The zero-order valence-corrected chi connectivity index (χ0v) is 34.3. The lowest BCUT2D eigenvalue weighted by Crippen LogP contribution is -2.25. The highest BCUT2D eigenvalue weighted by Crippen LogP contribution is 2.63. The molecular weight excluding hydrogens is 771 g/mol. The van der Waals surface area contributed by atoms with Crippen LogP contribution in [0.1, 0.15) is 22.3 Å². The number of benzene rings is 9. The van der Waals surface area contributed by atoms with Crippen LogP contribution < -0.4 is 0 Å². The Labute approximate surface area is 363 Å². The first-order valence-corrected chi connectivity index (χ1v) is 21.9. The lowest BCUT2D eigenvalue weighted by atomic mass is 9.70. The van der Waals surface area contributed by atoms with Crippen molar-refractivity contribution in [2.75, 3.05) is 0 Å². The van der Waals surface area contributed by atoms with Gasteiger partial charge in [0.1, 0.15) is 0 Å². The summed E-state index contributed by atoms with van der Waals surface area (Å²) in [5.74, 6) is 1.95. The summed E-state index contributed by atoms with van der Waals surface area (Å²) in [7, 11) is 0. The Morgan fingerprint density at radius 2 is 0.758 bits per heavy atom. The van der Waals surface area contributed by atoms with Crippen molar-refractivity contribution < 1.29 is 0 Å². The van der Waals surface area contributed by atoms with Gasteiger partial charge in [0.15, 0.2) is 17.5 Å². The minimum Gasteiger partial charge on any atom is -0.208 e. The predicted octanol–water partition coefficient (Wildman–Crippen LogP) is 14.9. The van der Waals surface area contributed by atoms with Gasteiger partial charge in [-0.15, -0.1) is 11.3 Å². The molecule has 0 amide bonds. The standard InChI is InChI=1S/C58H35N3S/c1-2-14-38(15-3-1)55-59-56(40-31-33-54-48(35-40)45-20-9-13-25-53(45)62-54)61-57(60-55)46-21-5-4-16-41(46)37-28-26-36(27-29-37)39-30-32-52-47(34-39)44-19-8-12-24-51(44)58(52)49-22-10-6-17-42(49)43-18-7-11-23-50(43)58/h1-35H. The van der Waals surface area contributed by atoms with Crippen LogP contribution in [0.4, 0.5) is 0 Å².